The molecule has 0 saturated heterocycles. The van der Waals surface area contributed by atoms with Gasteiger partial charge in [0.05, 0.1) is 28.1 Å². The molecule has 0 atom stereocenters. The third-order valence-corrected chi connectivity index (χ3v) is 5.00. The Bertz CT molecular complexity index is 1600. The smallest absolute Gasteiger partial charge is 0.346 e. The van der Waals surface area contributed by atoms with Crippen molar-refractivity contribution >= 4 is 48.8 Å². The fraction of sp³-hybridized carbons (Fsp3) is 0.0500. The molecule has 3 aromatic carbocycles. The monoisotopic (exact) mass is 357 g/mol. The minimum atomic E-state index is -0.756. The molecule has 7 nitrogen and oxygen atoms in total. The number of nitrogens with zero attached hydrogens (tertiary/aromatic N) is 1. The van der Waals surface area contributed by atoms with Crippen molar-refractivity contribution in [3.63, 3.8) is 0 Å². The van der Waals surface area contributed by atoms with Gasteiger partial charge in [0.25, 0.3) is 0 Å². The Kier molecular flexibility index (Phi) is 2.69. The Labute approximate surface area is 148 Å². The molecule has 128 valence electrons. The van der Waals surface area contributed by atoms with E-state index in [1.54, 1.807) is 6.92 Å². The highest BCUT2D eigenvalue weighted by Crippen LogP contribution is 2.40. The van der Waals surface area contributed by atoms with E-state index in [9.17, 15) is 19.2 Å². The van der Waals surface area contributed by atoms with Gasteiger partial charge in [0, 0.05) is 0 Å². The van der Waals surface area contributed by atoms with Crippen LogP contribution in [0.15, 0.2) is 52.3 Å². The quantitative estimate of drug-likeness (QED) is 0.312. The molecule has 0 bridgehead atoms. The molecule has 0 aliphatic rings. The molecule has 5 rings (SSSR count). The summed E-state index contributed by atoms with van der Waals surface area (Å²) < 4.78 is 9.29. The van der Waals surface area contributed by atoms with E-state index in [1.165, 1.54) is 24.3 Å². The summed E-state index contributed by atoms with van der Waals surface area (Å²) in [4.78, 5) is 51.1. The average molecular weight is 357 g/mol. The van der Waals surface area contributed by atoms with Crippen molar-refractivity contribution in [3.8, 4) is 0 Å². The van der Waals surface area contributed by atoms with Crippen molar-refractivity contribution in [2.75, 3.05) is 0 Å². The van der Waals surface area contributed by atoms with E-state index in [0.29, 0.717) is 27.1 Å². The first-order valence-electron chi connectivity index (χ1n) is 7.89. The predicted molar refractivity (Wildman–Crippen MR) is 99.4 cm³/mol. The summed E-state index contributed by atoms with van der Waals surface area (Å²) in [5.41, 5.74) is -2.05. The topological polar surface area (TPSA) is 98.9 Å². The third-order valence-electron chi connectivity index (χ3n) is 5.00. The predicted octanol–water partition coefficient (Wildman–Crippen LogP) is 2.66. The molecule has 0 aliphatic heterocycles. The molecule has 0 radical (unpaired) electrons. The lowest BCUT2D eigenvalue weighted by molar-refractivity contribution is 0.499. The first-order valence-corrected chi connectivity index (χ1v) is 7.89. The molecule has 5 aromatic rings. The van der Waals surface area contributed by atoms with Crippen molar-refractivity contribution < 1.29 is 8.83 Å². The van der Waals surface area contributed by atoms with E-state index in [2.05, 4.69) is 13.7 Å². The number of benzene rings is 3. The van der Waals surface area contributed by atoms with Gasteiger partial charge in [0.15, 0.2) is 0 Å². The molecule has 0 saturated carbocycles. The Morgan fingerprint density at radius 2 is 0.963 bits per heavy atom. The summed E-state index contributed by atoms with van der Waals surface area (Å²) in [6.07, 6.45) is 0. The summed E-state index contributed by atoms with van der Waals surface area (Å²) in [7, 11) is 0. The van der Waals surface area contributed by atoms with Crippen LogP contribution in [0.5, 0.6) is 0 Å². The number of fused-ring (bicyclic) bond motifs is 4. The number of furan rings is 2. The normalized spacial score (nSPS) is 11.7. The van der Waals surface area contributed by atoms with Gasteiger partial charge in [-0.15, -0.1) is 0 Å². The molecule has 27 heavy (non-hydrogen) atoms. The molecule has 0 amide bonds. The first kappa shape index (κ1) is 15.2. The summed E-state index contributed by atoms with van der Waals surface area (Å²) in [6, 6.07) is 5.99. The second-order valence-electron chi connectivity index (χ2n) is 6.33. The van der Waals surface area contributed by atoms with Gasteiger partial charge in [-0.3, -0.25) is 0 Å². The average Bonchev–Trinajstić information content (AvgIpc) is 3.08. The second kappa shape index (κ2) is 4.77. The number of aryl methyl sites for hydroxylation is 1. The molecule has 0 N–H and O–H groups in total. The van der Waals surface area contributed by atoms with Gasteiger partial charge in [-0.1, -0.05) is 0 Å². The van der Waals surface area contributed by atoms with Crippen LogP contribution in [0.3, 0.4) is 0 Å². The molecule has 0 spiro atoms. The highest BCUT2D eigenvalue weighted by atomic mass is 16.4. The van der Waals surface area contributed by atoms with Gasteiger partial charge in [-0.05, 0) is 58.3 Å². The van der Waals surface area contributed by atoms with Gasteiger partial charge in [-0.25, -0.2) is 24.0 Å². The van der Waals surface area contributed by atoms with Crippen LogP contribution < -0.4 is 22.5 Å². The van der Waals surface area contributed by atoms with Crippen LogP contribution in [-0.2, 0) is 0 Å². The number of hydrogen-bond donors (Lipinski definition) is 0. The lowest BCUT2D eigenvalue weighted by Gasteiger charge is -2.11. The summed E-state index contributed by atoms with van der Waals surface area (Å²) in [5.74, 6) is 0. The summed E-state index contributed by atoms with van der Waals surface area (Å²) in [6.45, 7) is 9.39. The molecular weight excluding hydrogens is 350 g/mol. The molecule has 0 unspecified atom stereocenters. The summed E-state index contributed by atoms with van der Waals surface area (Å²) in [5, 5.41) is 2.62. The van der Waals surface area contributed by atoms with Gasteiger partial charge < -0.3 is 8.83 Å². The van der Waals surface area contributed by atoms with Crippen LogP contribution in [0, 0.1) is 13.5 Å². The van der Waals surface area contributed by atoms with Crippen molar-refractivity contribution in [1.29, 1.82) is 0 Å². The zero-order chi connectivity index (χ0) is 19.0. The maximum atomic E-state index is 11.9. The van der Waals surface area contributed by atoms with E-state index in [4.69, 9.17) is 6.57 Å². The van der Waals surface area contributed by atoms with Gasteiger partial charge >= 0.3 is 22.5 Å². The van der Waals surface area contributed by atoms with Crippen LogP contribution in [0.1, 0.15) is 5.56 Å². The molecule has 0 aliphatic carbocycles. The largest absolute Gasteiger partial charge is 0.386 e. The second-order valence-corrected chi connectivity index (χ2v) is 6.33. The first-order chi connectivity index (χ1) is 12.9. The summed E-state index contributed by atoms with van der Waals surface area (Å²) >= 11 is 0. The Morgan fingerprint density at radius 1 is 0.630 bits per heavy atom. The molecular formula is C20H7NO6. The zero-order valence-electron chi connectivity index (χ0n) is 13.7. The Morgan fingerprint density at radius 3 is 1.30 bits per heavy atom. The van der Waals surface area contributed by atoms with Crippen LogP contribution in [0.4, 0.5) is 5.69 Å². The van der Waals surface area contributed by atoms with Crippen molar-refractivity contribution in [3.05, 3.63) is 82.9 Å². The standard InChI is InChI=1S/C20H7NO6/c1-7-8-3-12-14(19(24)26-17(12)22)5-10(8)16(21-2)11-6-15-13(4-9(7)11)18(23)27-20(15)25/h3-6H,1H3. The van der Waals surface area contributed by atoms with Gasteiger partial charge in [-0.2, -0.15) is 0 Å². The van der Waals surface area contributed by atoms with E-state index in [-0.39, 0.29) is 27.2 Å². The van der Waals surface area contributed by atoms with Crippen molar-refractivity contribution in [1.82, 2.24) is 0 Å². The van der Waals surface area contributed by atoms with E-state index in [1.807, 2.05) is 0 Å². The fourth-order valence-electron chi connectivity index (χ4n) is 3.69. The maximum Gasteiger partial charge on any atom is 0.346 e. The maximum absolute atomic E-state index is 11.9. The van der Waals surface area contributed by atoms with Crippen LogP contribution in [0.2, 0.25) is 0 Å². The third kappa shape index (κ3) is 1.79. The van der Waals surface area contributed by atoms with E-state index in [0.717, 1.165) is 0 Å². The van der Waals surface area contributed by atoms with Gasteiger partial charge in [0.2, 0.25) is 5.69 Å². The molecule has 2 heterocycles. The molecule has 0 fully saturated rings. The van der Waals surface area contributed by atoms with Crippen molar-refractivity contribution in [2.24, 2.45) is 0 Å². The Hall–Kier alpha value is -4.05. The minimum absolute atomic E-state index is 0.104. The molecule has 2 aromatic heterocycles. The van der Waals surface area contributed by atoms with E-state index >= 15 is 0 Å². The fourth-order valence-corrected chi connectivity index (χ4v) is 3.69. The number of hydrogen-bond acceptors (Lipinski definition) is 6. The Balaban J connectivity index is 2.15. The SMILES string of the molecule is [C-]#[N+]c1c2cc3c(=O)oc(=O)c3cc2c(C)c2cc3c(=O)oc(=O)c3cc12. The van der Waals surface area contributed by atoms with Crippen LogP contribution in [0.25, 0.3) is 47.9 Å². The van der Waals surface area contributed by atoms with E-state index < -0.39 is 22.5 Å². The molecule has 7 heteroatoms. The van der Waals surface area contributed by atoms with Gasteiger partial charge in [0.1, 0.15) is 0 Å². The van der Waals surface area contributed by atoms with Crippen LogP contribution >= 0.6 is 0 Å². The van der Waals surface area contributed by atoms with Crippen LogP contribution in [-0.4, -0.2) is 0 Å². The highest BCUT2D eigenvalue weighted by Gasteiger charge is 2.19. The highest BCUT2D eigenvalue weighted by molar-refractivity contribution is 6.19. The van der Waals surface area contributed by atoms with Crippen molar-refractivity contribution in [2.45, 2.75) is 6.92 Å². The lowest BCUT2D eigenvalue weighted by Crippen LogP contribution is -1.94. The number of rotatable bonds is 0. The lowest BCUT2D eigenvalue weighted by atomic mass is 9.93. The minimum Gasteiger partial charge on any atom is -0.386 e. The zero-order valence-corrected chi connectivity index (χ0v) is 13.7.